The van der Waals surface area contributed by atoms with Crippen LogP contribution in [0.4, 0.5) is 14.5 Å². The molecule has 1 aromatic carbocycles. The zero-order valence-corrected chi connectivity index (χ0v) is 20.4. The summed E-state index contributed by atoms with van der Waals surface area (Å²) in [7, 11) is 0. The number of pyridine rings is 2. The Morgan fingerprint density at radius 2 is 1.97 bits per heavy atom. The molecule has 13 heteroatoms. The van der Waals surface area contributed by atoms with Crippen LogP contribution in [0, 0.1) is 0 Å². The molecule has 0 radical (unpaired) electrons. The maximum Gasteiger partial charge on any atom is 0.586 e. The molecule has 1 unspecified atom stereocenters. The molecule has 0 spiro atoms. The summed E-state index contributed by atoms with van der Waals surface area (Å²) in [6.45, 7) is 2.86. The molecular formula is C25H22F2N4O7. The van der Waals surface area contributed by atoms with Gasteiger partial charge < -0.3 is 35.0 Å². The predicted molar refractivity (Wildman–Crippen MR) is 127 cm³/mol. The minimum Gasteiger partial charge on any atom is -0.457 e. The van der Waals surface area contributed by atoms with Crippen molar-refractivity contribution < 1.29 is 37.3 Å². The molecule has 0 bridgehead atoms. The van der Waals surface area contributed by atoms with Crippen LogP contribution in [0.25, 0.3) is 22.3 Å². The van der Waals surface area contributed by atoms with E-state index in [0.29, 0.717) is 34.3 Å². The van der Waals surface area contributed by atoms with Crippen LogP contribution in [0.2, 0.25) is 0 Å². The summed E-state index contributed by atoms with van der Waals surface area (Å²) >= 11 is 0. The first-order valence-corrected chi connectivity index (χ1v) is 12.0. The van der Waals surface area contributed by atoms with Gasteiger partial charge in [-0.1, -0.05) is 13.8 Å². The largest absolute Gasteiger partial charge is 0.586 e. The number of hydrogen-bond acceptors (Lipinski definition) is 10. The third-order valence-corrected chi connectivity index (χ3v) is 7.27. The summed E-state index contributed by atoms with van der Waals surface area (Å²) < 4.78 is 49.1. The fraction of sp³-hybridized carbons (Fsp3) is 0.360. The number of anilines is 1. The zero-order chi connectivity index (χ0) is 27.1. The number of rotatable bonds is 4. The van der Waals surface area contributed by atoms with E-state index < -0.39 is 35.9 Å². The fourth-order valence-electron chi connectivity index (χ4n) is 5.56. The molecule has 4 N–H and O–H groups in total. The van der Waals surface area contributed by atoms with Crippen molar-refractivity contribution in [2.75, 3.05) is 12.3 Å². The zero-order valence-electron chi connectivity index (χ0n) is 20.4. The number of alkyl halides is 2. The Labute approximate surface area is 213 Å². The maximum atomic E-state index is 13.8. The van der Waals surface area contributed by atoms with Crippen molar-refractivity contribution in [1.29, 1.82) is 0 Å². The van der Waals surface area contributed by atoms with Crippen molar-refractivity contribution >= 4 is 28.5 Å². The lowest BCUT2D eigenvalue weighted by Crippen LogP contribution is -2.48. The van der Waals surface area contributed by atoms with Crippen molar-refractivity contribution in [1.82, 2.24) is 9.55 Å². The number of halogens is 2. The number of ether oxygens (including phenoxy) is 4. The van der Waals surface area contributed by atoms with Crippen LogP contribution in [-0.2, 0) is 44.2 Å². The van der Waals surface area contributed by atoms with Gasteiger partial charge in [0.25, 0.3) is 5.56 Å². The summed E-state index contributed by atoms with van der Waals surface area (Å²) in [5.74, 6) is -2.17. The van der Waals surface area contributed by atoms with Crippen LogP contribution in [0.15, 0.2) is 16.9 Å². The van der Waals surface area contributed by atoms with Gasteiger partial charge in [-0.05, 0) is 24.5 Å². The van der Waals surface area contributed by atoms with E-state index in [1.54, 1.807) is 13.0 Å². The maximum absolute atomic E-state index is 13.8. The Morgan fingerprint density at radius 1 is 1.21 bits per heavy atom. The molecule has 11 nitrogen and oxygen atoms in total. The van der Waals surface area contributed by atoms with E-state index in [2.05, 4.69) is 14.5 Å². The minimum absolute atomic E-state index is 0.0000957. The van der Waals surface area contributed by atoms with Gasteiger partial charge in [0.2, 0.25) is 5.60 Å². The second kappa shape index (κ2) is 7.87. The summed E-state index contributed by atoms with van der Waals surface area (Å²) in [4.78, 5) is 43.5. The molecule has 198 valence electrons. The van der Waals surface area contributed by atoms with E-state index in [1.165, 1.54) is 10.6 Å². The van der Waals surface area contributed by atoms with E-state index >= 15 is 0 Å². The molecule has 0 amide bonds. The number of aryl methyl sites for hydroxylation is 1. The Hall–Kier alpha value is -4.26. The Morgan fingerprint density at radius 3 is 2.66 bits per heavy atom. The Kier molecular flexibility index (Phi) is 4.99. The highest BCUT2D eigenvalue weighted by Crippen LogP contribution is 2.50. The second-order valence-electron chi connectivity index (χ2n) is 9.20. The van der Waals surface area contributed by atoms with Crippen LogP contribution >= 0.6 is 0 Å². The highest BCUT2D eigenvalue weighted by atomic mass is 19.3. The number of benzene rings is 1. The van der Waals surface area contributed by atoms with Crippen molar-refractivity contribution in [3.8, 4) is 22.9 Å². The average molecular weight is 528 g/mol. The standard InChI is InChI=1S/C25H22F2N4O7/c1-3-10-11-8-31-15(20(11)30-14-6-16-21(19(29)18(10)14)38-25(26,27)36-16)5-13-12(22(31)33)9-35-23(34)24(13,4-2)37-17(32)7-28/h5-6H,3-4,7-9,28-29H2,1-2H3. The number of esters is 2. The van der Waals surface area contributed by atoms with Crippen LogP contribution < -0.4 is 26.5 Å². The number of carbonyl (C=O) groups excluding carboxylic acids is 2. The lowest BCUT2D eigenvalue weighted by molar-refractivity contribution is -0.286. The Bertz CT molecular complexity index is 1650. The molecule has 3 aromatic rings. The highest BCUT2D eigenvalue weighted by Gasteiger charge is 2.50. The van der Waals surface area contributed by atoms with E-state index in [9.17, 15) is 23.2 Å². The Balaban J connectivity index is 1.62. The van der Waals surface area contributed by atoms with Crippen molar-refractivity contribution in [3.05, 3.63) is 44.7 Å². The first-order chi connectivity index (χ1) is 18.0. The van der Waals surface area contributed by atoms with Crippen LogP contribution in [0.1, 0.15) is 42.5 Å². The number of fused-ring (bicyclic) bond motifs is 6. The molecule has 38 heavy (non-hydrogen) atoms. The van der Waals surface area contributed by atoms with Crippen LogP contribution in [-0.4, -0.2) is 34.3 Å². The summed E-state index contributed by atoms with van der Waals surface area (Å²) in [6, 6.07) is 2.91. The van der Waals surface area contributed by atoms with E-state index in [1.807, 2.05) is 6.92 Å². The first-order valence-electron chi connectivity index (χ1n) is 12.0. The normalized spacial score (nSPS) is 20.1. The minimum atomic E-state index is -3.86. The third kappa shape index (κ3) is 3.08. The lowest BCUT2D eigenvalue weighted by Gasteiger charge is -2.35. The molecule has 3 aliphatic heterocycles. The molecular weight excluding hydrogens is 506 g/mol. The topological polar surface area (TPSA) is 158 Å². The lowest BCUT2D eigenvalue weighted by atomic mass is 9.85. The summed E-state index contributed by atoms with van der Waals surface area (Å²) in [5, 5.41) is 0.426. The summed E-state index contributed by atoms with van der Waals surface area (Å²) in [5.41, 5.74) is 12.2. The molecule has 3 aliphatic rings. The molecule has 6 rings (SSSR count). The van der Waals surface area contributed by atoms with Crippen molar-refractivity contribution in [2.24, 2.45) is 5.73 Å². The van der Waals surface area contributed by atoms with Gasteiger partial charge in [-0.2, -0.15) is 0 Å². The average Bonchev–Trinajstić information content (AvgIpc) is 3.41. The molecule has 0 aliphatic carbocycles. The first kappa shape index (κ1) is 24.1. The number of nitrogen functional groups attached to an aromatic ring is 1. The molecule has 2 aromatic heterocycles. The quantitative estimate of drug-likeness (QED) is 0.297. The number of aromatic nitrogens is 2. The van der Waals surface area contributed by atoms with Gasteiger partial charge >= 0.3 is 18.2 Å². The van der Waals surface area contributed by atoms with Crippen molar-refractivity contribution in [3.63, 3.8) is 0 Å². The molecule has 0 fully saturated rings. The number of cyclic esters (lactones) is 1. The van der Waals surface area contributed by atoms with E-state index in [-0.39, 0.29) is 53.4 Å². The smallest absolute Gasteiger partial charge is 0.457 e. The van der Waals surface area contributed by atoms with Crippen molar-refractivity contribution in [2.45, 2.75) is 51.7 Å². The van der Waals surface area contributed by atoms with E-state index in [4.69, 9.17) is 20.9 Å². The second-order valence-corrected chi connectivity index (χ2v) is 9.20. The number of hydrogen-bond donors (Lipinski definition) is 2. The van der Waals surface area contributed by atoms with Gasteiger partial charge in [0, 0.05) is 22.6 Å². The SMILES string of the molecule is CCc1c2c(nc3cc4c(c(N)c13)OC(F)(F)O4)-c1cc3c(c(=O)n1C2)COC(=O)C3(CC)OC(=O)CN. The highest BCUT2D eigenvalue weighted by molar-refractivity contribution is 6.01. The van der Waals surface area contributed by atoms with Crippen LogP contribution in [0.5, 0.6) is 11.5 Å². The van der Waals surface area contributed by atoms with Gasteiger partial charge in [-0.15, -0.1) is 8.78 Å². The molecule has 1 atom stereocenters. The number of nitrogens with two attached hydrogens (primary N) is 2. The van der Waals surface area contributed by atoms with Gasteiger partial charge in [0.15, 0.2) is 11.5 Å². The molecule has 0 saturated carbocycles. The summed E-state index contributed by atoms with van der Waals surface area (Å²) in [6.07, 6.45) is -3.42. The monoisotopic (exact) mass is 528 g/mol. The number of carbonyl (C=O) groups is 2. The van der Waals surface area contributed by atoms with Gasteiger partial charge in [0.05, 0.1) is 41.2 Å². The fourth-order valence-corrected chi connectivity index (χ4v) is 5.56. The van der Waals surface area contributed by atoms with Gasteiger partial charge in [0.1, 0.15) is 6.61 Å². The van der Waals surface area contributed by atoms with Crippen LogP contribution in [0.3, 0.4) is 0 Å². The van der Waals surface area contributed by atoms with Gasteiger partial charge in [-0.25, -0.2) is 9.78 Å². The van der Waals surface area contributed by atoms with E-state index in [0.717, 1.165) is 0 Å². The molecule has 0 saturated heterocycles. The predicted octanol–water partition coefficient (Wildman–Crippen LogP) is 2.06. The molecule has 5 heterocycles. The third-order valence-electron chi connectivity index (χ3n) is 7.27. The van der Waals surface area contributed by atoms with Gasteiger partial charge in [-0.3, -0.25) is 9.59 Å². The number of nitrogens with zero attached hydrogens (tertiary/aromatic N) is 2.